The summed E-state index contributed by atoms with van der Waals surface area (Å²) in [6.45, 7) is -0.244. The van der Waals surface area contributed by atoms with Gasteiger partial charge in [0.2, 0.25) is 0 Å². The lowest BCUT2D eigenvalue weighted by atomic mass is 10.2. The predicted octanol–water partition coefficient (Wildman–Crippen LogP) is 3.27. The molecule has 0 aliphatic rings. The number of halogens is 3. The van der Waals surface area contributed by atoms with Crippen LogP contribution in [0.25, 0.3) is 0 Å². The topological polar surface area (TPSA) is 19.9 Å². The largest absolute Gasteiger partial charge is 0.446 e. The molecule has 77 valence electrons. The number of hydrogen-bond acceptors (Lipinski definition) is 1. The summed E-state index contributed by atoms with van der Waals surface area (Å²) in [5, 5.41) is 10.2. The first-order valence-corrected chi connectivity index (χ1v) is 4.76. The van der Waals surface area contributed by atoms with Crippen molar-refractivity contribution in [3.05, 3.63) is 29.8 Å². The molecule has 0 spiro atoms. The lowest BCUT2D eigenvalue weighted by Gasteiger charge is -2.05. The van der Waals surface area contributed by atoms with Crippen LogP contribution in [0.4, 0.5) is 13.2 Å². The second-order valence-corrected chi connectivity index (χ2v) is 3.78. The fourth-order valence-corrected chi connectivity index (χ4v) is 1.52. The Morgan fingerprint density at radius 3 is 2.14 bits per heavy atom. The van der Waals surface area contributed by atoms with E-state index in [1.54, 1.807) is 12.1 Å². The molecule has 0 heterocycles. The van der Waals surface area contributed by atoms with Crippen LogP contribution in [0, 0.1) is 0 Å². The van der Waals surface area contributed by atoms with Gasteiger partial charge in [0.1, 0.15) is 0 Å². The summed E-state index contributed by atoms with van der Waals surface area (Å²) in [6.07, 6.45) is 0.358. The van der Waals surface area contributed by atoms with Crippen LogP contribution in [0.15, 0.2) is 29.2 Å². The molecule has 0 N–H and O–H groups in total. The Kier molecular flexibility index (Phi) is 3.83. The van der Waals surface area contributed by atoms with Crippen LogP contribution in [0.5, 0.6) is 0 Å². The molecule has 14 heavy (non-hydrogen) atoms. The third-order valence-electron chi connectivity index (χ3n) is 1.55. The third-order valence-corrected chi connectivity index (χ3v) is 2.29. The number of thioether (sulfide) groups is 1. The van der Waals surface area contributed by atoms with Gasteiger partial charge in [0, 0.05) is 4.90 Å². The summed E-state index contributed by atoms with van der Waals surface area (Å²) < 4.78 is 35.7. The average molecular weight is 221 g/mol. The maximum atomic E-state index is 11.9. The number of hydrogen-bond donors (Lipinski definition) is 0. The molecule has 0 fully saturated rings. The maximum Gasteiger partial charge on any atom is 0.446 e. The molecule has 0 saturated carbocycles. The van der Waals surface area contributed by atoms with E-state index in [4.69, 9.17) is 0 Å². The molecule has 1 rings (SSSR count). The zero-order valence-corrected chi connectivity index (χ0v) is 7.99. The van der Waals surface area contributed by atoms with Gasteiger partial charge in [-0.1, -0.05) is 12.1 Å². The summed E-state index contributed by atoms with van der Waals surface area (Å²) in [6, 6.07) is 5.85. The Hall–Kier alpha value is -0.680. The second-order valence-electron chi connectivity index (χ2n) is 2.65. The minimum atomic E-state index is -4.25. The molecule has 0 unspecified atom stereocenters. The summed E-state index contributed by atoms with van der Waals surface area (Å²) >= 11 is -0.151. The van der Waals surface area contributed by atoms with Crippen LogP contribution in [0.3, 0.4) is 0 Å². The van der Waals surface area contributed by atoms with Gasteiger partial charge in [-0.2, -0.15) is 13.2 Å². The second kappa shape index (κ2) is 4.70. The zero-order chi connectivity index (χ0) is 10.6. The highest BCUT2D eigenvalue weighted by atomic mass is 32.2. The van der Waals surface area contributed by atoms with Gasteiger partial charge < -0.3 is 0 Å². The third kappa shape index (κ3) is 4.02. The van der Waals surface area contributed by atoms with E-state index < -0.39 is 5.51 Å². The van der Waals surface area contributed by atoms with Gasteiger partial charge in [0.05, 0.1) is 6.61 Å². The normalized spacial score (nSPS) is 11.7. The van der Waals surface area contributed by atoms with Crippen LogP contribution in [0.1, 0.15) is 5.56 Å². The molecule has 0 aromatic heterocycles. The van der Waals surface area contributed by atoms with Crippen molar-refractivity contribution in [3.8, 4) is 0 Å². The van der Waals surface area contributed by atoms with Gasteiger partial charge in [-0.05, 0) is 35.9 Å². The molecule has 0 aliphatic carbocycles. The zero-order valence-electron chi connectivity index (χ0n) is 7.17. The molecule has 0 saturated heterocycles. The minimum absolute atomic E-state index is 0.146. The van der Waals surface area contributed by atoms with Gasteiger partial charge in [-0.25, -0.2) is 5.11 Å². The van der Waals surface area contributed by atoms with Crippen LogP contribution >= 0.6 is 11.8 Å². The van der Waals surface area contributed by atoms with E-state index in [-0.39, 0.29) is 23.3 Å². The van der Waals surface area contributed by atoms with Crippen molar-refractivity contribution in [2.24, 2.45) is 0 Å². The van der Waals surface area contributed by atoms with E-state index in [1.165, 1.54) is 12.1 Å². The molecular formula is C9H8F3OS. The first kappa shape index (κ1) is 11.4. The quantitative estimate of drug-likeness (QED) is 0.717. The Morgan fingerprint density at radius 1 is 1.14 bits per heavy atom. The molecule has 0 amide bonds. The Morgan fingerprint density at radius 2 is 1.71 bits per heavy atom. The lowest BCUT2D eigenvalue weighted by molar-refractivity contribution is -0.0328. The average Bonchev–Trinajstić information content (AvgIpc) is 2.06. The van der Waals surface area contributed by atoms with Gasteiger partial charge in [0.15, 0.2) is 0 Å². The van der Waals surface area contributed by atoms with E-state index in [2.05, 4.69) is 0 Å². The standard InChI is InChI=1S/C9H8F3OS/c10-9(11,12)14-8-3-1-7(2-4-8)5-6-13/h1-4H,5-6H2. The van der Waals surface area contributed by atoms with E-state index in [0.29, 0.717) is 6.42 Å². The molecule has 0 bridgehead atoms. The van der Waals surface area contributed by atoms with Gasteiger partial charge >= 0.3 is 5.51 Å². The van der Waals surface area contributed by atoms with Crippen molar-refractivity contribution in [2.75, 3.05) is 6.61 Å². The smallest absolute Gasteiger partial charge is 0.236 e. The maximum absolute atomic E-state index is 11.9. The van der Waals surface area contributed by atoms with E-state index in [1.807, 2.05) is 0 Å². The van der Waals surface area contributed by atoms with Crippen LogP contribution in [0.2, 0.25) is 0 Å². The van der Waals surface area contributed by atoms with Crippen LogP contribution in [-0.2, 0) is 11.5 Å². The number of alkyl halides is 3. The monoisotopic (exact) mass is 221 g/mol. The Labute approximate surface area is 83.9 Å². The lowest BCUT2D eigenvalue weighted by Crippen LogP contribution is -1.99. The highest BCUT2D eigenvalue weighted by Crippen LogP contribution is 2.36. The van der Waals surface area contributed by atoms with E-state index >= 15 is 0 Å². The molecular weight excluding hydrogens is 213 g/mol. The fraction of sp³-hybridized carbons (Fsp3) is 0.333. The molecule has 0 atom stereocenters. The Bertz CT molecular complexity index is 281. The molecule has 1 radical (unpaired) electrons. The SMILES string of the molecule is [O]CCc1ccc(SC(F)(F)F)cc1. The van der Waals surface area contributed by atoms with Crippen molar-refractivity contribution in [3.63, 3.8) is 0 Å². The molecule has 5 heteroatoms. The molecule has 1 aromatic rings. The first-order valence-electron chi connectivity index (χ1n) is 3.94. The van der Waals surface area contributed by atoms with Gasteiger partial charge in [-0.3, -0.25) is 0 Å². The van der Waals surface area contributed by atoms with Crippen LogP contribution in [-0.4, -0.2) is 12.1 Å². The van der Waals surface area contributed by atoms with Crippen molar-refractivity contribution in [1.29, 1.82) is 0 Å². The first-order chi connectivity index (χ1) is 6.51. The Balaban J connectivity index is 2.64. The minimum Gasteiger partial charge on any atom is -0.236 e. The predicted molar refractivity (Wildman–Crippen MR) is 47.6 cm³/mol. The molecule has 0 aliphatic heterocycles. The summed E-state index contributed by atoms with van der Waals surface area (Å²) in [5.74, 6) is 0. The van der Waals surface area contributed by atoms with E-state index in [9.17, 15) is 18.3 Å². The number of rotatable bonds is 3. The number of benzene rings is 1. The highest BCUT2D eigenvalue weighted by molar-refractivity contribution is 8.00. The summed E-state index contributed by atoms with van der Waals surface area (Å²) in [5.41, 5.74) is -3.48. The van der Waals surface area contributed by atoms with Crippen molar-refractivity contribution in [2.45, 2.75) is 16.8 Å². The van der Waals surface area contributed by atoms with Crippen LogP contribution < -0.4 is 0 Å². The molecule has 1 aromatic carbocycles. The summed E-state index contributed by atoms with van der Waals surface area (Å²) in [7, 11) is 0. The van der Waals surface area contributed by atoms with Crippen molar-refractivity contribution >= 4 is 11.8 Å². The van der Waals surface area contributed by atoms with Gasteiger partial charge in [0.25, 0.3) is 0 Å². The van der Waals surface area contributed by atoms with Gasteiger partial charge in [-0.15, -0.1) is 0 Å². The molecule has 1 nitrogen and oxygen atoms in total. The van der Waals surface area contributed by atoms with Crippen molar-refractivity contribution < 1.29 is 18.3 Å². The highest BCUT2D eigenvalue weighted by Gasteiger charge is 2.28. The summed E-state index contributed by atoms with van der Waals surface area (Å²) in [4.78, 5) is 0.146. The van der Waals surface area contributed by atoms with E-state index in [0.717, 1.165) is 5.56 Å². The fourth-order valence-electron chi connectivity index (χ4n) is 0.976. The van der Waals surface area contributed by atoms with Crippen molar-refractivity contribution in [1.82, 2.24) is 0 Å².